The van der Waals surface area contributed by atoms with E-state index in [2.05, 4.69) is 281 Å². The molecule has 68 heavy (non-hydrogen) atoms. The van der Waals surface area contributed by atoms with Gasteiger partial charge in [-0.2, -0.15) is 0 Å². The van der Waals surface area contributed by atoms with Crippen molar-refractivity contribution in [1.82, 2.24) is 0 Å². The first-order valence-corrected chi connectivity index (χ1v) is 24.7. The molecule has 0 radical (unpaired) electrons. The molecule has 0 aliphatic heterocycles. The summed E-state index contributed by atoms with van der Waals surface area (Å²) in [6, 6.07) is 66.5. The largest absolute Gasteiger partial charge is 0.309 e. The van der Waals surface area contributed by atoms with Crippen LogP contribution in [0, 0.1) is 0 Å². The molecule has 0 fully saturated rings. The maximum absolute atomic E-state index is 2.58. The van der Waals surface area contributed by atoms with E-state index in [1.54, 1.807) is 0 Å². The van der Waals surface area contributed by atoms with E-state index in [0.717, 1.165) is 29.2 Å². The lowest BCUT2D eigenvalue weighted by atomic mass is 9.85. The molecule has 2 nitrogen and oxygen atoms in total. The molecule has 8 aromatic carbocycles. The molecule has 8 aromatic rings. The van der Waals surface area contributed by atoms with Crippen LogP contribution < -0.4 is 20.2 Å². The lowest BCUT2D eigenvalue weighted by Gasteiger charge is -2.34. The van der Waals surface area contributed by atoms with Gasteiger partial charge >= 0.3 is 0 Å². The molecule has 0 saturated carbocycles. The first-order valence-electron chi connectivity index (χ1n) is 24.7. The molecular weight excluding hydrogens is 821 g/mol. The van der Waals surface area contributed by atoms with Crippen molar-refractivity contribution in [2.24, 2.45) is 0 Å². The van der Waals surface area contributed by atoms with Crippen LogP contribution in [0.1, 0.15) is 123 Å². The first-order chi connectivity index (χ1) is 32.3. The third kappa shape index (κ3) is 9.31. The molecule has 0 aromatic heterocycles. The smallest absolute Gasteiger partial charge is 0.0616 e. The topological polar surface area (TPSA) is 6.48 Å². The van der Waals surface area contributed by atoms with E-state index in [-0.39, 0.29) is 27.6 Å². The second-order valence-electron chi connectivity index (χ2n) is 23.1. The maximum atomic E-state index is 2.58. The molecule has 9 rings (SSSR count). The average molecular weight is 891 g/mol. The van der Waals surface area contributed by atoms with Crippen molar-refractivity contribution in [2.75, 3.05) is 9.80 Å². The van der Waals surface area contributed by atoms with E-state index in [1.165, 1.54) is 71.5 Å². The van der Waals surface area contributed by atoms with Gasteiger partial charge in [0.2, 0.25) is 0 Å². The van der Waals surface area contributed by atoms with E-state index < -0.39 is 0 Å². The molecule has 0 heterocycles. The Bertz CT molecular complexity index is 3050. The Balaban J connectivity index is 1.45. The van der Waals surface area contributed by atoms with Crippen molar-refractivity contribution >= 4 is 57.0 Å². The summed E-state index contributed by atoms with van der Waals surface area (Å²) in [5, 5.41) is 4.87. The Hall–Kier alpha value is -6.64. The number of anilines is 6. The lowest BCUT2D eigenvalue weighted by Crippen LogP contribution is -2.37. The Morgan fingerprint density at radius 1 is 0.353 bits per heavy atom. The number of hydrogen-bond donors (Lipinski definition) is 0. The van der Waals surface area contributed by atoms with Crippen molar-refractivity contribution in [1.29, 1.82) is 0 Å². The van der Waals surface area contributed by atoms with Crippen molar-refractivity contribution in [2.45, 2.75) is 117 Å². The molecule has 0 amide bonds. The standard InChI is InChI=1S/C66H70N2/c1-63(2,3)49-25-33-53(34-26-49)67(54-35-27-50(28-36-54)64(4,5)6)61-57-41-23-48(46-21-17-14-18-22-46)44-60(57)62(58-42-24-47(43-59(58)61)45-19-15-13-16-20-45)68(55-37-29-51(30-38-55)65(7,8)9)56-39-31-52(32-40-56)66(10,11)12/h13-23,25-44,47H,24H2,1-12H3. The van der Waals surface area contributed by atoms with Crippen molar-refractivity contribution in [3.05, 3.63) is 214 Å². The van der Waals surface area contributed by atoms with Crippen molar-refractivity contribution < 1.29 is 0 Å². The highest BCUT2D eigenvalue weighted by molar-refractivity contribution is 6.09. The molecule has 0 N–H and O–H groups in total. The van der Waals surface area contributed by atoms with Gasteiger partial charge in [0.15, 0.2) is 0 Å². The van der Waals surface area contributed by atoms with Crippen molar-refractivity contribution in [3.8, 4) is 11.1 Å². The normalized spacial score (nSPS) is 14.2. The van der Waals surface area contributed by atoms with Crippen LogP contribution in [-0.4, -0.2) is 0 Å². The predicted molar refractivity (Wildman–Crippen MR) is 296 cm³/mol. The number of benzene rings is 8. The molecule has 0 saturated heterocycles. The Kier molecular flexibility index (Phi) is 12.2. The minimum Gasteiger partial charge on any atom is -0.309 e. The predicted octanol–water partition coefficient (Wildman–Crippen LogP) is 17.4. The van der Waals surface area contributed by atoms with Crippen LogP contribution in [0.15, 0.2) is 176 Å². The van der Waals surface area contributed by atoms with Gasteiger partial charge in [0.1, 0.15) is 0 Å². The summed E-state index contributed by atoms with van der Waals surface area (Å²) in [4.78, 5) is 5.09. The van der Waals surface area contributed by atoms with Crippen LogP contribution in [0.3, 0.4) is 0 Å². The Labute approximate surface area is 407 Å². The maximum Gasteiger partial charge on any atom is 0.0616 e. The zero-order valence-electron chi connectivity index (χ0n) is 42.6. The fourth-order valence-corrected chi connectivity index (χ4v) is 9.86. The van der Waals surface area contributed by atoms with Gasteiger partial charge in [0.25, 0.3) is 0 Å². The van der Waals surface area contributed by atoms with Crippen LogP contribution in [0.5, 0.6) is 0 Å². The number of rotatable bonds is 8. The summed E-state index contributed by atoms with van der Waals surface area (Å²) in [5.74, 6) is 0.190. The molecule has 1 aliphatic rings. The molecular formula is C66H70N2. The molecule has 344 valence electrons. The quantitative estimate of drug-likeness (QED) is 0.140. The molecule has 1 atom stereocenters. The monoisotopic (exact) mass is 891 g/mol. The molecule has 1 aliphatic carbocycles. The van der Waals surface area contributed by atoms with Gasteiger partial charge in [0, 0.05) is 49.9 Å². The van der Waals surface area contributed by atoms with Crippen LogP contribution >= 0.6 is 0 Å². The van der Waals surface area contributed by atoms with Gasteiger partial charge in [-0.05, 0) is 122 Å². The second-order valence-corrected chi connectivity index (χ2v) is 23.1. The van der Waals surface area contributed by atoms with Gasteiger partial charge < -0.3 is 9.80 Å². The summed E-state index contributed by atoms with van der Waals surface area (Å²) in [6.07, 6.45) is 6.01. The van der Waals surface area contributed by atoms with Gasteiger partial charge in [-0.25, -0.2) is 0 Å². The van der Waals surface area contributed by atoms with E-state index in [9.17, 15) is 0 Å². The third-order valence-corrected chi connectivity index (χ3v) is 14.0. The summed E-state index contributed by atoms with van der Waals surface area (Å²) >= 11 is 0. The first kappa shape index (κ1) is 46.5. The van der Waals surface area contributed by atoms with Gasteiger partial charge in [-0.1, -0.05) is 217 Å². The van der Waals surface area contributed by atoms with Crippen molar-refractivity contribution in [3.63, 3.8) is 0 Å². The third-order valence-electron chi connectivity index (χ3n) is 14.0. The molecule has 2 heteroatoms. The summed E-state index contributed by atoms with van der Waals surface area (Å²) in [7, 11) is 0. The highest BCUT2D eigenvalue weighted by Crippen LogP contribution is 2.45. The minimum absolute atomic E-state index is 0.0182. The van der Waals surface area contributed by atoms with Gasteiger partial charge in [-0.3, -0.25) is 0 Å². The zero-order chi connectivity index (χ0) is 48.2. The summed E-state index contributed by atoms with van der Waals surface area (Å²) in [6.45, 7) is 27.6. The summed E-state index contributed by atoms with van der Waals surface area (Å²) in [5.41, 5.74) is 15.9. The number of hydrogen-bond acceptors (Lipinski definition) is 2. The highest BCUT2D eigenvalue weighted by atomic mass is 15.2. The van der Waals surface area contributed by atoms with Crippen LogP contribution in [0.2, 0.25) is 0 Å². The van der Waals surface area contributed by atoms with Crippen LogP contribution in [-0.2, 0) is 21.7 Å². The Morgan fingerprint density at radius 3 is 1.10 bits per heavy atom. The van der Waals surface area contributed by atoms with E-state index in [4.69, 9.17) is 0 Å². The lowest BCUT2D eigenvalue weighted by molar-refractivity contribution is 0.590. The fraction of sp³-hybridized carbons (Fsp3) is 0.273. The second kappa shape index (κ2) is 17.8. The van der Waals surface area contributed by atoms with E-state index in [0.29, 0.717) is 0 Å². The van der Waals surface area contributed by atoms with Gasteiger partial charge in [-0.15, -0.1) is 0 Å². The fourth-order valence-electron chi connectivity index (χ4n) is 9.86. The zero-order valence-corrected chi connectivity index (χ0v) is 42.6. The number of nitrogens with zero attached hydrogens (tertiary/aromatic N) is 2. The average Bonchev–Trinajstić information content (AvgIpc) is 3.32. The minimum atomic E-state index is 0.0182. The SMILES string of the molecule is CC(C)(C)c1ccc(N(c2ccc(C(C)(C)C)cc2)c2c3c(c(N(c4ccc(C(C)(C)C)cc4)c4ccc(C(C)(C)C)cc4)c4cc(-c5ccccc5)ccc24)=CCC(c2ccccc2)C=3)cc1. The highest BCUT2D eigenvalue weighted by Gasteiger charge is 2.29. The summed E-state index contributed by atoms with van der Waals surface area (Å²) < 4.78 is 0. The van der Waals surface area contributed by atoms with Gasteiger partial charge in [0.05, 0.1) is 11.4 Å². The molecule has 0 bridgehead atoms. The van der Waals surface area contributed by atoms with Crippen LogP contribution in [0.4, 0.5) is 34.1 Å². The van der Waals surface area contributed by atoms with E-state index >= 15 is 0 Å². The molecule has 1 unspecified atom stereocenters. The number of fused-ring (bicyclic) bond motifs is 2. The van der Waals surface area contributed by atoms with Crippen LogP contribution in [0.25, 0.3) is 34.1 Å². The van der Waals surface area contributed by atoms with E-state index in [1.807, 2.05) is 0 Å². The Morgan fingerprint density at radius 2 is 0.721 bits per heavy atom. The molecule has 0 spiro atoms.